The van der Waals surface area contributed by atoms with Crippen molar-refractivity contribution in [1.29, 1.82) is 0 Å². The fourth-order valence-electron chi connectivity index (χ4n) is 2.72. The van der Waals surface area contributed by atoms with Gasteiger partial charge in [-0.1, -0.05) is 96.6 Å². The first-order chi connectivity index (χ1) is 12.2. The van der Waals surface area contributed by atoms with E-state index < -0.39 is 0 Å². The molecular formula is C24H22O. The van der Waals surface area contributed by atoms with Gasteiger partial charge in [-0.25, -0.2) is 0 Å². The fraction of sp³-hybridized carbons (Fsp3) is 0.125. The summed E-state index contributed by atoms with van der Waals surface area (Å²) in [6, 6.07) is 26.4. The Bertz CT molecular complexity index is 841. The Morgan fingerprint density at radius 1 is 0.800 bits per heavy atom. The lowest BCUT2D eigenvalue weighted by Gasteiger charge is -2.04. The Morgan fingerprint density at radius 3 is 2.12 bits per heavy atom. The largest absolute Gasteiger partial charge is 0.294 e. The molecule has 25 heavy (non-hydrogen) atoms. The molecule has 3 aromatic rings. The van der Waals surface area contributed by atoms with Crippen molar-refractivity contribution in [1.82, 2.24) is 0 Å². The molecule has 1 heteroatoms. The maximum Gasteiger partial charge on any atom is 0.167 e. The van der Waals surface area contributed by atoms with Gasteiger partial charge in [-0.15, -0.1) is 0 Å². The summed E-state index contributed by atoms with van der Waals surface area (Å²) < 4.78 is 0. The van der Waals surface area contributed by atoms with Gasteiger partial charge in [-0.2, -0.15) is 0 Å². The van der Waals surface area contributed by atoms with E-state index in [2.05, 4.69) is 48.6 Å². The van der Waals surface area contributed by atoms with E-state index >= 15 is 0 Å². The van der Waals surface area contributed by atoms with Crippen LogP contribution in [0.2, 0.25) is 0 Å². The maximum atomic E-state index is 12.3. The summed E-state index contributed by atoms with van der Waals surface area (Å²) in [5.74, 6) is 0.164. The lowest BCUT2D eigenvalue weighted by molar-refractivity contribution is 0.0993. The van der Waals surface area contributed by atoms with Crippen LogP contribution >= 0.6 is 0 Å². The predicted octanol–water partition coefficient (Wildman–Crippen LogP) is 5.68. The van der Waals surface area contributed by atoms with E-state index in [4.69, 9.17) is 0 Å². The standard InChI is InChI=1S/C24H22O/c1-19-10-16-23(17-11-19)24(25)18-22-14-12-21(13-15-22)9-5-8-20-6-3-2-4-7-20/h2-8,10-17H,9,18H2,1H3. The third-order valence-corrected chi connectivity index (χ3v) is 4.22. The van der Waals surface area contributed by atoms with Crippen LogP contribution in [0, 0.1) is 6.92 Å². The molecule has 0 aliphatic rings. The van der Waals surface area contributed by atoms with Crippen LogP contribution in [0.3, 0.4) is 0 Å². The minimum absolute atomic E-state index is 0.164. The van der Waals surface area contributed by atoms with Gasteiger partial charge in [-0.3, -0.25) is 4.79 Å². The number of benzene rings is 3. The summed E-state index contributed by atoms with van der Waals surface area (Å²) in [5, 5.41) is 0. The van der Waals surface area contributed by atoms with Gasteiger partial charge in [0.25, 0.3) is 0 Å². The van der Waals surface area contributed by atoms with Crippen molar-refractivity contribution in [2.45, 2.75) is 19.8 Å². The third kappa shape index (κ3) is 5.02. The minimum atomic E-state index is 0.164. The Morgan fingerprint density at radius 2 is 1.44 bits per heavy atom. The Hall–Kier alpha value is -2.93. The lowest BCUT2D eigenvalue weighted by Crippen LogP contribution is -2.03. The van der Waals surface area contributed by atoms with E-state index in [1.165, 1.54) is 16.7 Å². The summed E-state index contributed by atoms with van der Waals surface area (Å²) >= 11 is 0. The van der Waals surface area contributed by atoms with Crippen molar-refractivity contribution < 1.29 is 4.79 Å². The van der Waals surface area contributed by atoms with Crippen LogP contribution in [-0.2, 0) is 12.8 Å². The molecule has 3 aromatic carbocycles. The molecule has 0 fully saturated rings. The molecule has 0 heterocycles. The van der Waals surface area contributed by atoms with Crippen molar-refractivity contribution >= 4 is 11.9 Å². The first-order valence-electron chi connectivity index (χ1n) is 8.60. The number of aryl methyl sites for hydroxylation is 1. The number of carbonyl (C=O) groups excluding carboxylic acids is 1. The van der Waals surface area contributed by atoms with Gasteiger partial charge in [0.1, 0.15) is 0 Å². The number of hydrogen-bond donors (Lipinski definition) is 0. The predicted molar refractivity (Wildman–Crippen MR) is 105 cm³/mol. The van der Waals surface area contributed by atoms with Crippen molar-refractivity contribution in [3.8, 4) is 0 Å². The Labute approximate surface area is 149 Å². The summed E-state index contributed by atoms with van der Waals surface area (Å²) in [6.07, 6.45) is 5.64. The van der Waals surface area contributed by atoms with E-state index in [-0.39, 0.29) is 5.78 Å². The molecule has 0 aliphatic heterocycles. The van der Waals surface area contributed by atoms with Crippen molar-refractivity contribution in [2.24, 2.45) is 0 Å². The van der Waals surface area contributed by atoms with Crippen LogP contribution in [-0.4, -0.2) is 5.78 Å². The van der Waals surface area contributed by atoms with E-state index in [0.29, 0.717) is 6.42 Å². The van der Waals surface area contributed by atoms with Gasteiger partial charge < -0.3 is 0 Å². The third-order valence-electron chi connectivity index (χ3n) is 4.22. The molecule has 0 spiro atoms. The summed E-state index contributed by atoms with van der Waals surface area (Å²) in [7, 11) is 0. The number of allylic oxidation sites excluding steroid dienone is 1. The second kappa shape index (κ2) is 8.25. The highest BCUT2D eigenvalue weighted by molar-refractivity contribution is 5.97. The summed E-state index contributed by atoms with van der Waals surface area (Å²) in [4.78, 5) is 12.3. The van der Waals surface area contributed by atoms with Crippen LogP contribution in [0.4, 0.5) is 0 Å². The molecule has 124 valence electrons. The number of rotatable bonds is 6. The molecule has 0 saturated carbocycles. The molecule has 0 atom stereocenters. The zero-order valence-electron chi connectivity index (χ0n) is 14.5. The molecule has 0 unspecified atom stereocenters. The molecule has 0 saturated heterocycles. The fourth-order valence-corrected chi connectivity index (χ4v) is 2.72. The van der Waals surface area contributed by atoms with E-state index in [1.807, 2.05) is 49.4 Å². The van der Waals surface area contributed by atoms with Gasteiger partial charge in [0.15, 0.2) is 5.78 Å². The molecule has 0 bridgehead atoms. The number of carbonyl (C=O) groups is 1. The van der Waals surface area contributed by atoms with Crippen LogP contribution in [0.25, 0.3) is 6.08 Å². The van der Waals surface area contributed by atoms with Crippen LogP contribution in [0.1, 0.15) is 32.6 Å². The number of hydrogen-bond acceptors (Lipinski definition) is 1. The molecular weight excluding hydrogens is 304 g/mol. The van der Waals surface area contributed by atoms with Gasteiger partial charge in [-0.05, 0) is 30.0 Å². The second-order valence-corrected chi connectivity index (χ2v) is 6.30. The van der Waals surface area contributed by atoms with Crippen LogP contribution < -0.4 is 0 Å². The first kappa shape index (κ1) is 16.9. The molecule has 1 nitrogen and oxygen atoms in total. The van der Waals surface area contributed by atoms with Crippen molar-refractivity contribution in [2.75, 3.05) is 0 Å². The van der Waals surface area contributed by atoms with Gasteiger partial charge in [0, 0.05) is 12.0 Å². The summed E-state index contributed by atoms with van der Waals surface area (Å²) in [6.45, 7) is 2.03. The van der Waals surface area contributed by atoms with E-state index in [9.17, 15) is 4.79 Å². The normalized spacial score (nSPS) is 10.9. The molecule has 0 aromatic heterocycles. The van der Waals surface area contributed by atoms with Crippen molar-refractivity contribution in [3.05, 3.63) is 113 Å². The van der Waals surface area contributed by atoms with Gasteiger partial charge >= 0.3 is 0 Å². The topological polar surface area (TPSA) is 17.1 Å². The molecule has 0 aliphatic carbocycles. The highest BCUT2D eigenvalue weighted by Crippen LogP contribution is 2.12. The van der Waals surface area contributed by atoms with E-state index in [0.717, 1.165) is 17.5 Å². The minimum Gasteiger partial charge on any atom is -0.294 e. The molecule has 0 N–H and O–H groups in total. The van der Waals surface area contributed by atoms with Gasteiger partial charge in [0.05, 0.1) is 0 Å². The summed E-state index contributed by atoms with van der Waals surface area (Å²) in [5.41, 5.74) is 5.47. The molecule has 0 radical (unpaired) electrons. The maximum absolute atomic E-state index is 12.3. The molecule has 3 rings (SSSR count). The van der Waals surface area contributed by atoms with Crippen LogP contribution in [0.15, 0.2) is 84.9 Å². The monoisotopic (exact) mass is 326 g/mol. The van der Waals surface area contributed by atoms with Gasteiger partial charge in [0.2, 0.25) is 0 Å². The zero-order chi connectivity index (χ0) is 17.5. The lowest BCUT2D eigenvalue weighted by atomic mass is 10.0. The SMILES string of the molecule is Cc1ccc(C(=O)Cc2ccc(CC=Cc3ccccc3)cc2)cc1. The highest BCUT2D eigenvalue weighted by Gasteiger charge is 2.06. The Balaban J connectivity index is 1.57. The Kier molecular flexibility index (Phi) is 5.58. The average Bonchev–Trinajstić information content (AvgIpc) is 2.64. The van der Waals surface area contributed by atoms with Crippen LogP contribution in [0.5, 0.6) is 0 Å². The average molecular weight is 326 g/mol. The quantitative estimate of drug-likeness (QED) is 0.533. The highest BCUT2D eigenvalue weighted by atomic mass is 16.1. The first-order valence-corrected chi connectivity index (χ1v) is 8.60. The van der Waals surface area contributed by atoms with E-state index in [1.54, 1.807) is 0 Å². The van der Waals surface area contributed by atoms with Crippen molar-refractivity contribution in [3.63, 3.8) is 0 Å². The second-order valence-electron chi connectivity index (χ2n) is 6.30. The zero-order valence-corrected chi connectivity index (χ0v) is 14.5. The number of Topliss-reactive ketones (excluding diaryl/α,β-unsaturated/α-hetero) is 1. The number of ketones is 1. The smallest absolute Gasteiger partial charge is 0.167 e. The molecule has 0 amide bonds.